The van der Waals surface area contributed by atoms with E-state index in [2.05, 4.69) is 16.2 Å². The fraction of sp³-hybridized carbons (Fsp3) is 1.00. The minimum absolute atomic E-state index is 0.958. The van der Waals surface area contributed by atoms with Crippen LogP contribution in [0.1, 0.15) is 19.8 Å². The molecule has 1 rings (SSSR count). The molecule has 0 aromatic heterocycles. The van der Waals surface area contributed by atoms with Crippen LogP contribution in [0.25, 0.3) is 0 Å². The summed E-state index contributed by atoms with van der Waals surface area (Å²) >= 11 is 0. The molecule has 1 unspecified atom stereocenters. The first kappa shape index (κ1) is 4.59. The van der Waals surface area contributed by atoms with Gasteiger partial charge in [0, 0.05) is 0 Å². The second kappa shape index (κ2) is 1.50. The van der Waals surface area contributed by atoms with Crippen LogP contribution in [0, 0.1) is 5.92 Å². The van der Waals surface area contributed by atoms with Gasteiger partial charge in [-0.25, -0.2) is 0 Å². The van der Waals surface area contributed by atoms with Gasteiger partial charge in [0.1, 0.15) is 0 Å². The maximum absolute atomic E-state index is 2.84. The van der Waals surface area contributed by atoms with Crippen molar-refractivity contribution in [2.75, 3.05) is 0 Å². The van der Waals surface area contributed by atoms with Gasteiger partial charge in [-0.15, -0.1) is 9.24 Å². The Labute approximate surface area is 41.5 Å². The quantitative estimate of drug-likeness (QED) is 0.408. The highest BCUT2D eigenvalue weighted by molar-refractivity contribution is 7.17. The Morgan fingerprint density at radius 2 is 2.00 bits per heavy atom. The highest BCUT2D eigenvalue weighted by Crippen LogP contribution is 2.32. The summed E-state index contributed by atoms with van der Waals surface area (Å²) in [5.41, 5.74) is 0.958. The summed E-state index contributed by atoms with van der Waals surface area (Å²) in [6, 6.07) is 0. The van der Waals surface area contributed by atoms with Crippen molar-refractivity contribution in [3.8, 4) is 0 Å². The zero-order valence-corrected chi connectivity index (χ0v) is 5.30. The molecule has 0 radical (unpaired) electrons. The Morgan fingerprint density at radius 3 is 2.00 bits per heavy atom. The Bertz CT molecular complexity index is 39.9. The highest BCUT2D eigenvalue weighted by Gasteiger charge is 2.19. The Hall–Kier alpha value is 0.430. The van der Waals surface area contributed by atoms with E-state index in [1.54, 1.807) is 0 Å². The lowest BCUT2D eigenvalue weighted by atomic mass is 9.87. The first-order chi connectivity index (χ1) is 2.79. The fourth-order valence-electron chi connectivity index (χ4n) is 0.965. The summed E-state index contributed by atoms with van der Waals surface area (Å²) < 4.78 is 0. The number of rotatable bonds is 0. The smallest absolute Gasteiger partial charge is 0.0259 e. The van der Waals surface area contributed by atoms with Crippen LogP contribution in [0.3, 0.4) is 0 Å². The summed E-state index contributed by atoms with van der Waals surface area (Å²) in [5.74, 6) is 1.02. The fourth-order valence-corrected chi connectivity index (χ4v) is 1.89. The second-order valence-corrected chi connectivity index (χ2v) is 3.28. The highest BCUT2D eigenvalue weighted by atomic mass is 31.0. The van der Waals surface area contributed by atoms with Crippen LogP contribution < -0.4 is 0 Å². The number of hydrogen-bond acceptors (Lipinski definition) is 0. The zero-order valence-electron chi connectivity index (χ0n) is 4.15. The molecule has 0 saturated heterocycles. The summed E-state index contributed by atoms with van der Waals surface area (Å²) in [5, 5.41) is 0. The van der Waals surface area contributed by atoms with E-state index < -0.39 is 0 Å². The molecule has 0 aromatic carbocycles. The number of hydrogen-bond donors (Lipinski definition) is 0. The van der Waals surface area contributed by atoms with Gasteiger partial charge in [-0.2, -0.15) is 0 Å². The molecule has 1 aliphatic carbocycles. The summed E-state index contributed by atoms with van der Waals surface area (Å²) in [6.45, 7) is 2.31. The average molecular weight is 102 g/mol. The maximum atomic E-state index is 2.84. The molecular formula is C5H11P. The molecule has 36 valence electrons. The van der Waals surface area contributed by atoms with Crippen molar-refractivity contribution in [3.05, 3.63) is 0 Å². The van der Waals surface area contributed by atoms with E-state index in [0.29, 0.717) is 0 Å². The van der Waals surface area contributed by atoms with Crippen LogP contribution in [0.5, 0.6) is 0 Å². The Balaban J connectivity index is 2.11. The van der Waals surface area contributed by atoms with Crippen molar-refractivity contribution in [3.63, 3.8) is 0 Å². The van der Waals surface area contributed by atoms with Gasteiger partial charge < -0.3 is 0 Å². The summed E-state index contributed by atoms with van der Waals surface area (Å²) in [4.78, 5) is 0. The van der Waals surface area contributed by atoms with E-state index in [4.69, 9.17) is 0 Å². The zero-order chi connectivity index (χ0) is 4.57. The molecule has 0 amide bonds. The first-order valence-electron chi connectivity index (χ1n) is 2.54. The Morgan fingerprint density at radius 1 is 1.50 bits per heavy atom. The molecule has 1 atom stereocenters. The van der Waals surface area contributed by atoms with Crippen molar-refractivity contribution in [2.45, 2.75) is 25.4 Å². The Kier molecular flexibility index (Phi) is 1.15. The average Bonchev–Trinajstić information content (AvgIpc) is 1.33. The maximum Gasteiger partial charge on any atom is -0.0259 e. The molecule has 1 saturated carbocycles. The van der Waals surface area contributed by atoms with E-state index >= 15 is 0 Å². The van der Waals surface area contributed by atoms with Crippen LogP contribution in [-0.2, 0) is 0 Å². The van der Waals surface area contributed by atoms with Crippen LogP contribution in [0.15, 0.2) is 0 Å². The van der Waals surface area contributed by atoms with Crippen molar-refractivity contribution < 1.29 is 0 Å². The van der Waals surface area contributed by atoms with Crippen molar-refractivity contribution in [1.29, 1.82) is 0 Å². The van der Waals surface area contributed by atoms with Crippen molar-refractivity contribution >= 4 is 9.24 Å². The largest absolute Gasteiger partial charge is 0.134 e. The molecule has 0 aromatic rings. The first-order valence-corrected chi connectivity index (χ1v) is 3.21. The summed E-state index contributed by atoms with van der Waals surface area (Å²) in [7, 11) is 2.84. The van der Waals surface area contributed by atoms with Crippen molar-refractivity contribution in [1.82, 2.24) is 0 Å². The predicted octanol–water partition coefficient (Wildman–Crippen LogP) is 1.66. The van der Waals surface area contributed by atoms with Gasteiger partial charge in [-0.1, -0.05) is 6.92 Å². The monoisotopic (exact) mass is 102 g/mol. The van der Waals surface area contributed by atoms with Gasteiger partial charge in [0.2, 0.25) is 0 Å². The molecule has 1 fully saturated rings. The van der Waals surface area contributed by atoms with Crippen LogP contribution in [0.4, 0.5) is 0 Å². The molecule has 0 bridgehead atoms. The van der Waals surface area contributed by atoms with E-state index in [9.17, 15) is 0 Å². The minimum Gasteiger partial charge on any atom is -0.134 e. The van der Waals surface area contributed by atoms with Gasteiger partial charge in [-0.05, 0) is 24.4 Å². The van der Waals surface area contributed by atoms with Crippen molar-refractivity contribution in [2.24, 2.45) is 5.92 Å². The van der Waals surface area contributed by atoms with E-state index in [1.807, 2.05) is 0 Å². The molecule has 1 heteroatoms. The molecule has 1 aliphatic rings. The lowest BCUT2D eigenvalue weighted by Crippen LogP contribution is -2.19. The van der Waals surface area contributed by atoms with E-state index in [-0.39, 0.29) is 0 Å². The molecule has 0 spiro atoms. The van der Waals surface area contributed by atoms with E-state index in [0.717, 1.165) is 11.6 Å². The molecular weight excluding hydrogens is 91.0 g/mol. The minimum atomic E-state index is 0.958. The third-order valence-corrected chi connectivity index (χ3v) is 1.95. The second-order valence-electron chi connectivity index (χ2n) is 2.34. The molecule has 0 nitrogen and oxygen atoms in total. The lowest BCUT2D eigenvalue weighted by Gasteiger charge is -2.28. The standard InChI is InChI=1S/C5H11P/c1-4-2-5(6)3-4/h4-5H,2-3,6H2,1H3. The lowest BCUT2D eigenvalue weighted by molar-refractivity contribution is 0.360. The van der Waals surface area contributed by atoms with Gasteiger partial charge in [0.05, 0.1) is 0 Å². The van der Waals surface area contributed by atoms with Gasteiger partial charge in [-0.3, -0.25) is 0 Å². The predicted molar refractivity (Wildman–Crippen MR) is 31.9 cm³/mol. The van der Waals surface area contributed by atoms with Crippen LogP contribution >= 0.6 is 9.24 Å². The molecule has 0 aliphatic heterocycles. The molecule has 0 N–H and O–H groups in total. The van der Waals surface area contributed by atoms with Gasteiger partial charge in [0.25, 0.3) is 0 Å². The third kappa shape index (κ3) is 0.733. The third-order valence-electron chi connectivity index (χ3n) is 1.41. The normalized spacial score (nSPS) is 45.0. The van der Waals surface area contributed by atoms with E-state index in [1.165, 1.54) is 12.8 Å². The van der Waals surface area contributed by atoms with Crippen LogP contribution in [-0.4, -0.2) is 5.66 Å². The molecule has 0 heterocycles. The van der Waals surface area contributed by atoms with Gasteiger partial charge in [0.15, 0.2) is 0 Å². The summed E-state index contributed by atoms with van der Waals surface area (Å²) in [6.07, 6.45) is 2.87. The van der Waals surface area contributed by atoms with Gasteiger partial charge >= 0.3 is 0 Å². The SMILES string of the molecule is CC1CC(P)C1. The topological polar surface area (TPSA) is 0 Å². The van der Waals surface area contributed by atoms with Crippen LogP contribution in [0.2, 0.25) is 0 Å². The molecule has 6 heavy (non-hydrogen) atoms.